The van der Waals surface area contributed by atoms with Crippen LogP contribution in [0.2, 0.25) is 0 Å². The van der Waals surface area contributed by atoms with E-state index in [0.29, 0.717) is 0 Å². The zero-order valence-electron chi connectivity index (χ0n) is 10.8. The molecule has 2 aromatic rings. The zero-order valence-corrected chi connectivity index (χ0v) is 10.8. The third kappa shape index (κ3) is 3.60. The largest absolute Gasteiger partial charge is 0.394 e. The second-order valence-electron chi connectivity index (χ2n) is 3.76. The molecule has 4 heteroatoms. The van der Waals surface area contributed by atoms with Crippen LogP contribution in [-0.2, 0) is 0 Å². The summed E-state index contributed by atoms with van der Waals surface area (Å²) in [7, 11) is 5.64. The third-order valence-corrected chi connectivity index (χ3v) is 2.22. The number of hydrogen-bond acceptors (Lipinski definition) is 3. The van der Waals surface area contributed by atoms with Crippen molar-refractivity contribution in [3.05, 3.63) is 36.3 Å². The molecule has 3 N–H and O–H groups in total. The van der Waals surface area contributed by atoms with Crippen LogP contribution in [0.25, 0.3) is 16.6 Å². The van der Waals surface area contributed by atoms with Gasteiger partial charge in [0.1, 0.15) is 5.65 Å². The van der Waals surface area contributed by atoms with Gasteiger partial charge in [0.15, 0.2) is 0 Å². The zero-order chi connectivity index (χ0) is 12.7. The Labute approximate surface area is 104 Å². The average Bonchev–Trinajstić information content (AvgIpc) is 2.77. The number of aromatic nitrogens is 2. The van der Waals surface area contributed by atoms with Crippen molar-refractivity contribution < 1.29 is 1.43 Å². The van der Waals surface area contributed by atoms with Crippen molar-refractivity contribution in [3.63, 3.8) is 0 Å². The van der Waals surface area contributed by atoms with Gasteiger partial charge >= 0.3 is 0 Å². The quantitative estimate of drug-likeness (QED) is 0.747. The smallest absolute Gasteiger partial charge is 0.137 e. The molecule has 0 unspecified atom stereocenters. The molecule has 0 amide bonds. The fraction of sp³-hybridized carbons (Fsp3) is 0.308. The van der Waals surface area contributed by atoms with E-state index in [-0.39, 0.29) is 1.43 Å². The number of allylic oxidation sites excluding steroid dienone is 1. The van der Waals surface area contributed by atoms with E-state index in [1.165, 1.54) is 5.57 Å². The lowest BCUT2D eigenvalue weighted by atomic mass is 10.1. The third-order valence-electron chi connectivity index (χ3n) is 2.22. The number of nitrogens with zero attached hydrogens (tertiary/aromatic N) is 1. The Hall–Kier alpha value is -1.81. The van der Waals surface area contributed by atoms with Gasteiger partial charge in [-0.2, -0.15) is 0 Å². The maximum atomic E-state index is 4.32. The van der Waals surface area contributed by atoms with Gasteiger partial charge in [-0.15, -0.1) is 0 Å². The van der Waals surface area contributed by atoms with Crippen LogP contribution in [0.1, 0.15) is 13.9 Å². The van der Waals surface area contributed by atoms with E-state index in [1.807, 2.05) is 45.8 Å². The van der Waals surface area contributed by atoms with Crippen LogP contribution in [0.4, 0.5) is 0 Å². The monoisotopic (exact) mass is 234 g/mol. The summed E-state index contributed by atoms with van der Waals surface area (Å²) >= 11 is 0. The Morgan fingerprint density at radius 3 is 2.76 bits per heavy atom. The number of fused-ring (bicyclic) bond motifs is 1. The first-order valence-corrected chi connectivity index (χ1v) is 5.59. The molecule has 4 nitrogen and oxygen atoms in total. The highest BCUT2D eigenvalue weighted by molar-refractivity contribution is 5.79. The van der Waals surface area contributed by atoms with Gasteiger partial charge in [0.2, 0.25) is 0 Å². The van der Waals surface area contributed by atoms with Crippen molar-refractivity contribution in [2.24, 2.45) is 0 Å². The van der Waals surface area contributed by atoms with Gasteiger partial charge in [-0.05, 0) is 50.5 Å². The summed E-state index contributed by atoms with van der Waals surface area (Å²) in [5, 5.41) is 6.90. The van der Waals surface area contributed by atoms with E-state index in [4.69, 9.17) is 0 Å². The summed E-state index contributed by atoms with van der Waals surface area (Å²) in [6, 6.07) is 4.15. The Kier molecular flexibility index (Phi) is 5.23. The fourth-order valence-corrected chi connectivity index (χ4v) is 1.46. The Balaban J connectivity index is 0.000000660. The molecule has 0 aromatic carbocycles. The number of pyridine rings is 1. The lowest BCUT2D eigenvalue weighted by Crippen LogP contribution is -1.94. The number of rotatable bonds is 2. The molecule has 2 aromatic heterocycles. The molecule has 0 saturated carbocycles. The van der Waals surface area contributed by atoms with E-state index in [9.17, 15) is 0 Å². The van der Waals surface area contributed by atoms with Crippen LogP contribution in [-0.4, -0.2) is 31.1 Å². The molecule has 0 fully saturated rings. The number of H-pyrrole nitrogens is 1. The lowest BCUT2D eigenvalue weighted by molar-refractivity contribution is 1.02. The molecule has 0 aliphatic carbocycles. The minimum absolute atomic E-state index is 0. The van der Waals surface area contributed by atoms with Crippen LogP contribution in [0.3, 0.4) is 0 Å². The van der Waals surface area contributed by atoms with Crippen LogP contribution >= 0.6 is 0 Å². The summed E-state index contributed by atoms with van der Waals surface area (Å²) in [4.78, 5) is 7.39. The molecule has 0 saturated heterocycles. The Morgan fingerprint density at radius 2 is 2.12 bits per heavy atom. The normalized spacial score (nSPS) is 10.9. The first-order chi connectivity index (χ1) is 8.22. The SMILES string of the molecule is CN/C=C(\C)c1cnc2[nH]ccc2c1.CNC.[HH]. The highest BCUT2D eigenvalue weighted by Gasteiger charge is 1.99. The van der Waals surface area contributed by atoms with E-state index >= 15 is 0 Å². The molecule has 0 aliphatic rings. The molecule has 94 valence electrons. The first-order valence-electron chi connectivity index (χ1n) is 5.59. The van der Waals surface area contributed by atoms with Crippen LogP contribution in [0.5, 0.6) is 0 Å². The van der Waals surface area contributed by atoms with E-state index < -0.39 is 0 Å². The summed E-state index contributed by atoms with van der Waals surface area (Å²) in [6.45, 7) is 2.06. The van der Waals surface area contributed by atoms with Crippen molar-refractivity contribution in [2.75, 3.05) is 21.1 Å². The molecule has 0 spiro atoms. The molecular weight excluding hydrogens is 212 g/mol. The molecule has 2 rings (SSSR count). The summed E-state index contributed by atoms with van der Waals surface area (Å²) in [5.41, 5.74) is 3.26. The molecule has 0 aliphatic heterocycles. The topological polar surface area (TPSA) is 52.7 Å². The molecule has 0 bridgehead atoms. The van der Waals surface area contributed by atoms with Crippen LogP contribution < -0.4 is 10.6 Å². The van der Waals surface area contributed by atoms with Gasteiger partial charge in [-0.1, -0.05) is 0 Å². The number of hydrogen-bond donors (Lipinski definition) is 3. The minimum atomic E-state index is 0. The highest BCUT2D eigenvalue weighted by atomic mass is 14.8. The number of aromatic amines is 1. The lowest BCUT2D eigenvalue weighted by Gasteiger charge is -2.00. The van der Waals surface area contributed by atoms with Crippen molar-refractivity contribution in [3.8, 4) is 0 Å². The predicted octanol–water partition coefficient (Wildman–Crippen LogP) is 2.22. The van der Waals surface area contributed by atoms with Gasteiger partial charge in [-0.25, -0.2) is 4.98 Å². The van der Waals surface area contributed by atoms with Gasteiger partial charge < -0.3 is 15.6 Å². The predicted molar refractivity (Wildman–Crippen MR) is 75.9 cm³/mol. The Morgan fingerprint density at radius 1 is 1.41 bits per heavy atom. The van der Waals surface area contributed by atoms with Gasteiger partial charge in [0.05, 0.1) is 0 Å². The second-order valence-corrected chi connectivity index (χ2v) is 3.76. The van der Waals surface area contributed by atoms with Gasteiger partial charge in [-0.3, -0.25) is 0 Å². The average molecular weight is 234 g/mol. The van der Waals surface area contributed by atoms with E-state index in [2.05, 4.69) is 33.6 Å². The summed E-state index contributed by atoms with van der Waals surface area (Å²) in [6.07, 6.45) is 5.75. The van der Waals surface area contributed by atoms with Crippen molar-refractivity contribution >= 4 is 16.6 Å². The van der Waals surface area contributed by atoms with Gasteiger partial charge in [0.25, 0.3) is 0 Å². The molecule has 0 atom stereocenters. The molecule has 17 heavy (non-hydrogen) atoms. The summed E-state index contributed by atoms with van der Waals surface area (Å²) < 4.78 is 0. The Bertz CT molecular complexity index is 490. The fourth-order valence-electron chi connectivity index (χ4n) is 1.46. The van der Waals surface area contributed by atoms with Crippen LogP contribution in [0.15, 0.2) is 30.7 Å². The highest BCUT2D eigenvalue weighted by Crippen LogP contribution is 2.17. The van der Waals surface area contributed by atoms with Crippen molar-refractivity contribution in [1.82, 2.24) is 20.6 Å². The minimum Gasteiger partial charge on any atom is -0.394 e. The maximum absolute atomic E-state index is 4.32. The second kappa shape index (κ2) is 6.70. The first kappa shape index (κ1) is 13.3. The van der Waals surface area contributed by atoms with Crippen LogP contribution in [0, 0.1) is 0 Å². The molecule has 0 radical (unpaired) electrons. The maximum Gasteiger partial charge on any atom is 0.137 e. The standard InChI is InChI=1S/C11H13N3.C2H7N.H2/c1-8(6-12-2)10-5-9-3-4-13-11(9)14-7-10;1-3-2;/h3-7,12H,1-2H3,(H,13,14);3H,1-2H3;1H/b8-6+;;. The molecule has 2 heterocycles. The number of nitrogens with one attached hydrogen (secondary N) is 3. The van der Waals surface area contributed by atoms with Crippen molar-refractivity contribution in [1.29, 1.82) is 0 Å². The van der Waals surface area contributed by atoms with E-state index in [1.54, 1.807) is 0 Å². The molecular formula is C13H22N4. The van der Waals surface area contributed by atoms with E-state index in [0.717, 1.165) is 16.6 Å². The van der Waals surface area contributed by atoms with Gasteiger partial charge in [0, 0.05) is 26.3 Å². The summed E-state index contributed by atoms with van der Waals surface area (Å²) in [5.74, 6) is 0. The van der Waals surface area contributed by atoms with Crippen molar-refractivity contribution in [2.45, 2.75) is 6.92 Å².